The molecule has 2 rings (SSSR count). The van der Waals surface area contributed by atoms with E-state index < -0.39 is 0 Å². The highest BCUT2D eigenvalue weighted by Gasteiger charge is 2.34. The van der Waals surface area contributed by atoms with Crippen molar-refractivity contribution in [3.05, 3.63) is 33.3 Å². The highest BCUT2D eigenvalue weighted by atomic mass is 79.9. The lowest BCUT2D eigenvalue weighted by Crippen LogP contribution is -2.32. The molecule has 19 heavy (non-hydrogen) atoms. The average Bonchev–Trinajstić information content (AvgIpc) is 2.71. The fraction of sp³-hybridized carbons (Fsp3) is 0.600. The smallest absolute Gasteiger partial charge is 0.0454 e. The fourth-order valence-electron chi connectivity index (χ4n) is 2.86. The molecule has 106 valence electrons. The van der Waals surface area contributed by atoms with Crippen molar-refractivity contribution in [2.75, 3.05) is 20.1 Å². The second-order valence-corrected chi connectivity index (χ2v) is 7.03. The van der Waals surface area contributed by atoms with Gasteiger partial charge in [-0.3, -0.25) is 4.90 Å². The van der Waals surface area contributed by atoms with Crippen LogP contribution < -0.4 is 5.32 Å². The minimum Gasteiger partial charge on any atom is -0.314 e. The Kier molecular flexibility index (Phi) is 5.29. The number of rotatable bonds is 4. The summed E-state index contributed by atoms with van der Waals surface area (Å²) >= 11 is 9.95. The van der Waals surface area contributed by atoms with Gasteiger partial charge in [0.1, 0.15) is 0 Å². The van der Waals surface area contributed by atoms with Gasteiger partial charge in [-0.15, -0.1) is 0 Å². The number of benzene rings is 1. The molecule has 0 spiro atoms. The first-order valence-electron chi connectivity index (χ1n) is 6.87. The van der Waals surface area contributed by atoms with E-state index in [1.165, 1.54) is 12.0 Å². The molecule has 1 N–H and O–H groups in total. The quantitative estimate of drug-likeness (QED) is 0.884. The van der Waals surface area contributed by atoms with Gasteiger partial charge in [-0.2, -0.15) is 0 Å². The van der Waals surface area contributed by atoms with Crippen LogP contribution in [0.3, 0.4) is 0 Å². The summed E-state index contributed by atoms with van der Waals surface area (Å²) in [5.74, 6) is 0.624. The molecule has 2 nitrogen and oxygen atoms in total. The minimum absolute atomic E-state index is 0.413. The van der Waals surface area contributed by atoms with Gasteiger partial charge in [0.2, 0.25) is 0 Å². The van der Waals surface area contributed by atoms with Gasteiger partial charge < -0.3 is 5.32 Å². The number of nitrogens with one attached hydrogen (secondary N) is 1. The van der Waals surface area contributed by atoms with Gasteiger partial charge in [0.15, 0.2) is 0 Å². The van der Waals surface area contributed by atoms with Crippen LogP contribution in [0.5, 0.6) is 0 Å². The first kappa shape index (κ1) is 15.3. The lowest BCUT2D eigenvalue weighted by atomic mass is 9.93. The van der Waals surface area contributed by atoms with Gasteiger partial charge in [-0.05, 0) is 49.7 Å². The summed E-state index contributed by atoms with van der Waals surface area (Å²) in [6.07, 6.45) is 1.23. The second kappa shape index (κ2) is 6.57. The van der Waals surface area contributed by atoms with Crippen LogP contribution in [0.25, 0.3) is 0 Å². The van der Waals surface area contributed by atoms with Crippen LogP contribution in [-0.2, 0) is 0 Å². The molecular weight excluding hydrogens is 324 g/mol. The Hall–Kier alpha value is -0.0900. The maximum Gasteiger partial charge on any atom is 0.0454 e. The maximum atomic E-state index is 6.40. The van der Waals surface area contributed by atoms with Gasteiger partial charge in [0.25, 0.3) is 0 Å². The van der Waals surface area contributed by atoms with Gasteiger partial charge >= 0.3 is 0 Å². The molecule has 0 saturated carbocycles. The maximum absolute atomic E-state index is 6.40. The van der Waals surface area contributed by atoms with Crippen molar-refractivity contribution >= 4 is 27.5 Å². The topological polar surface area (TPSA) is 15.3 Å². The molecule has 0 aromatic heterocycles. The van der Waals surface area contributed by atoms with Crippen molar-refractivity contribution in [2.24, 2.45) is 5.92 Å². The molecule has 1 fully saturated rings. The molecule has 1 aliphatic heterocycles. The molecule has 0 aliphatic carbocycles. The predicted octanol–water partition coefficient (Wildman–Crippen LogP) is 4.09. The molecule has 1 aromatic rings. The third-order valence-corrected chi connectivity index (χ3v) is 4.68. The van der Waals surface area contributed by atoms with E-state index in [0.717, 1.165) is 22.6 Å². The normalized spacial score (nSPS) is 24.3. The van der Waals surface area contributed by atoms with E-state index in [1.807, 2.05) is 12.1 Å². The zero-order valence-corrected chi connectivity index (χ0v) is 14.1. The zero-order valence-electron chi connectivity index (χ0n) is 11.8. The second-order valence-electron chi connectivity index (χ2n) is 5.70. The van der Waals surface area contributed by atoms with E-state index in [9.17, 15) is 0 Å². The number of halogens is 2. The van der Waals surface area contributed by atoms with Crippen molar-refractivity contribution in [2.45, 2.75) is 32.4 Å². The van der Waals surface area contributed by atoms with E-state index in [0.29, 0.717) is 18.0 Å². The molecular formula is C15H22BrClN2. The molecule has 4 heteroatoms. The standard InChI is InChI=1S/C15H22BrClN2/c1-10(2)18-9-11-6-7-19(3)15(11)13-8-12(16)4-5-14(13)17/h4-5,8,10-11,15,18H,6-7,9H2,1-3H3. The molecule has 0 radical (unpaired) electrons. The summed E-state index contributed by atoms with van der Waals surface area (Å²) in [7, 11) is 2.19. The van der Waals surface area contributed by atoms with Crippen LogP contribution in [0.2, 0.25) is 5.02 Å². The van der Waals surface area contributed by atoms with Crippen molar-refractivity contribution < 1.29 is 0 Å². The number of hydrogen-bond donors (Lipinski definition) is 1. The Morgan fingerprint density at radius 1 is 1.47 bits per heavy atom. The number of hydrogen-bond acceptors (Lipinski definition) is 2. The summed E-state index contributed by atoms with van der Waals surface area (Å²) < 4.78 is 1.10. The van der Waals surface area contributed by atoms with Crippen LogP contribution in [0.4, 0.5) is 0 Å². The highest BCUT2D eigenvalue weighted by molar-refractivity contribution is 9.10. The number of likely N-dealkylation sites (tertiary alicyclic amines) is 1. The van der Waals surface area contributed by atoms with Crippen LogP contribution in [-0.4, -0.2) is 31.1 Å². The van der Waals surface area contributed by atoms with E-state index >= 15 is 0 Å². The molecule has 1 heterocycles. The Morgan fingerprint density at radius 3 is 2.89 bits per heavy atom. The molecule has 0 bridgehead atoms. The van der Waals surface area contributed by atoms with E-state index in [-0.39, 0.29) is 0 Å². The average molecular weight is 346 g/mol. The number of nitrogens with zero attached hydrogens (tertiary/aromatic N) is 1. The van der Waals surface area contributed by atoms with Crippen molar-refractivity contribution in [1.82, 2.24) is 10.2 Å². The van der Waals surface area contributed by atoms with Crippen molar-refractivity contribution in [3.8, 4) is 0 Å². The lowest BCUT2D eigenvalue weighted by molar-refractivity contribution is 0.269. The summed E-state index contributed by atoms with van der Waals surface area (Å²) in [6, 6.07) is 7.10. The third kappa shape index (κ3) is 3.72. The van der Waals surface area contributed by atoms with Crippen LogP contribution in [0.15, 0.2) is 22.7 Å². The summed E-state index contributed by atoms with van der Waals surface area (Å²) in [6.45, 7) is 6.58. The highest BCUT2D eigenvalue weighted by Crippen LogP contribution is 2.39. The molecule has 1 aromatic carbocycles. The van der Waals surface area contributed by atoms with Gasteiger partial charge in [0, 0.05) is 28.1 Å². The van der Waals surface area contributed by atoms with E-state index in [2.05, 4.69) is 53.1 Å². The minimum atomic E-state index is 0.413. The molecule has 1 aliphatic rings. The lowest BCUT2D eigenvalue weighted by Gasteiger charge is -2.27. The molecule has 2 unspecified atom stereocenters. The Labute approximate surface area is 129 Å². The fourth-order valence-corrected chi connectivity index (χ4v) is 3.47. The largest absolute Gasteiger partial charge is 0.314 e. The van der Waals surface area contributed by atoms with E-state index in [4.69, 9.17) is 11.6 Å². The Balaban J connectivity index is 2.21. The van der Waals surface area contributed by atoms with Crippen LogP contribution in [0.1, 0.15) is 31.9 Å². The first-order chi connectivity index (χ1) is 8.99. The van der Waals surface area contributed by atoms with Crippen molar-refractivity contribution in [3.63, 3.8) is 0 Å². The molecule has 0 amide bonds. The van der Waals surface area contributed by atoms with Crippen molar-refractivity contribution in [1.29, 1.82) is 0 Å². The van der Waals surface area contributed by atoms with Gasteiger partial charge in [0.05, 0.1) is 0 Å². The van der Waals surface area contributed by atoms with Gasteiger partial charge in [-0.1, -0.05) is 41.4 Å². The zero-order chi connectivity index (χ0) is 14.0. The SMILES string of the molecule is CC(C)NCC1CCN(C)C1c1cc(Br)ccc1Cl. The summed E-state index contributed by atoms with van der Waals surface area (Å²) in [5, 5.41) is 4.43. The molecule has 2 atom stereocenters. The third-order valence-electron chi connectivity index (χ3n) is 3.84. The van der Waals surface area contributed by atoms with Crippen LogP contribution in [0, 0.1) is 5.92 Å². The predicted molar refractivity (Wildman–Crippen MR) is 85.8 cm³/mol. The van der Waals surface area contributed by atoms with Crippen LogP contribution >= 0.6 is 27.5 Å². The Morgan fingerprint density at radius 2 is 2.21 bits per heavy atom. The molecule has 1 saturated heterocycles. The first-order valence-corrected chi connectivity index (χ1v) is 8.04. The summed E-state index contributed by atoms with van der Waals surface area (Å²) in [4.78, 5) is 2.42. The Bertz CT molecular complexity index is 436. The summed E-state index contributed by atoms with van der Waals surface area (Å²) in [5.41, 5.74) is 1.24. The van der Waals surface area contributed by atoms with Gasteiger partial charge in [-0.25, -0.2) is 0 Å². The van der Waals surface area contributed by atoms with E-state index in [1.54, 1.807) is 0 Å². The monoisotopic (exact) mass is 344 g/mol.